The summed E-state index contributed by atoms with van der Waals surface area (Å²) in [7, 11) is 0. The van der Waals surface area contributed by atoms with E-state index in [0.29, 0.717) is 16.7 Å². The molecule has 8 aliphatic rings. The molecule has 0 heteroatoms. The molecule has 29 heavy (non-hydrogen) atoms. The highest BCUT2D eigenvalue weighted by molar-refractivity contribution is 5.40. The lowest BCUT2D eigenvalue weighted by Gasteiger charge is -2.72. The molecule has 156 valence electrons. The van der Waals surface area contributed by atoms with E-state index in [0.717, 1.165) is 35.0 Å². The zero-order chi connectivity index (χ0) is 19.4. The van der Waals surface area contributed by atoms with Gasteiger partial charge in [-0.05, 0) is 140 Å². The van der Waals surface area contributed by atoms with Crippen molar-refractivity contribution in [3.05, 3.63) is 35.4 Å². The van der Waals surface area contributed by atoms with Gasteiger partial charge in [0.05, 0.1) is 0 Å². The molecule has 1 aromatic rings. The molecule has 0 aliphatic heterocycles. The third-order valence-corrected chi connectivity index (χ3v) is 11.4. The maximum atomic E-state index is 2.57. The minimum atomic E-state index is 0.522. The largest absolute Gasteiger partial charge is 0.0620 e. The van der Waals surface area contributed by atoms with E-state index in [1.165, 1.54) is 12.8 Å². The van der Waals surface area contributed by atoms with Crippen molar-refractivity contribution in [1.82, 2.24) is 0 Å². The Morgan fingerprint density at radius 2 is 1.17 bits per heavy atom. The molecule has 8 bridgehead atoms. The summed E-state index contributed by atoms with van der Waals surface area (Å²) < 4.78 is 0. The van der Waals surface area contributed by atoms with Crippen LogP contribution in [0.1, 0.15) is 108 Å². The second kappa shape index (κ2) is 5.72. The Hall–Kier alpha value is -0.780. The molecule has 8 saturated carbocycles. The van der Waals surface area contributed by atoms with Gasteiger partial charge in [0.1, 0.15) is 0 Å². The highest BCUT2D eigenvalue weighted by Crippen LogP contribution is 2.77. The molecule has 2 unspecified atom stereocenters. The minimum Gasteiger partial charge on any atom is -0.0620 e. The number of benzene rings is 1. The van der Waals surface area contributed by atoms with Gasteiger partial charge in [-0.2, -0.15) is 0 Å². The van der Waals surface area contributed by atoms with Crippen LogP contribution in [0.15, 0.2) is 24.3 Å². The van der Waals surface area contributed by atoms with Crippen molar-refractivity contribution >= 4 is 0 Å². The Morgan fingerprint density at radius 1 is 0.655 bits per heavy atom. The molecular weight excluding hydrogens is 348 g/mol. The van der Waals surface area contributed by atoms with E-state index >= 15 is 0 Å². The molecule has 0 N–H and O–H groups in total. The monoisotopic (exact) mass is 388 g/mol. The van der Waals surface area contributed by atoms with Crippen LogP contribution in [0.4, 0.5) is 0 Å². The highest BCUT2D eigenvalue weighted by atomic mass is 14.7. The Bertz CT molecular complexity index is 779. The van der Waals surface area contributed by atoms with E-state index in [1.54, 1.807) is 75.3 Å². The number of hydrogen-bond donors (Lipinski definition) is 0. The van der Waals surface area contributed by atoms with E-state index in [4.69, 9.17) is 0 Å². The number of hydrogen-bond acceptors (Lipinski definition) is 0. The summed E-state index contributed by atoms with van der Waals surface area (Å²) in [5.41, 5.74) is 5.44. The average Bonchev–Trinajstić information content (AvgIpc) is 2.66. The molecule has 8 fully saturated rings. The highest BCUT2D eigenvalue weighted by Gasteiger charge is 2.67. The van der Waals surface area contributed by atoms with E-state index < -0.39 is 0 Å². The lowest BCUT2D eigenvalue weighted by atomic mass is 9.32. The van der Waals surface area contributed by atoms with Crippen LogP contribution in [0.5, 0.6) is 0 Å². The zero-order valence-electron chi connectivity index (χ0n) is 18.8. The summed E-state index contributed by atoms with van der Waals surface area (Å²) in [6.45, 7) is 4.85. The molecule has 8 aliphatic carbocycles. The van der Waals surface area contributed by atoms with Gasteiger partial charge < -0.3 is 0 Å². The molecule has 0 amide bonds. The SMILES string of the molecule is CC(C)c1ccccc1C12CC3CC(C1)CC(C14CC5CC(CC(C5)C1)C4)(C3)C2. The van der Waals surface area contributed by atoms with Gasteiger partial charge in [0, 0.05) is 0 Å². The average molecular weight is 389 g/mol. The zero-order valence-corrected chi connectivity index (χ0v) is 18.8. The molecule has 1 aromatic carbocycles. The van der Waals surface area contributed by atoms with E-state index in [-0.39, 0.29) is 0 Å². The molecule has 0 saturated heterocycles. The predicted molar refractivity (Wildman–Crippen MR) is 120 cm³/mol. The third kappa shape index (κ3) is 2.33. The van der Waals surface area contributed by atoms with Crippen molar-refractivity contribution in [2.24, 2.45) is 40.4 Å². The maximum Gasteiger partial charge on any atom is -0.00334 e. The van der Waals surface area contributed by atoms with Crippen LogP contribution in [-0.4, -0.2) is 0 Å². The Morgan fingerprint density at radius 3 is 1.76 bits per heavy atom. The fourth-order valence-electron chi connectivity index (χ4n) is 11.4. The summed E-state index contributed by atoms with van der Waals surface area (Å²) in [4.78, 5) is 0. The maximum absolute atomic E-state index is 2.57. The molecule has 2 atom stereocenters. The van der Waals surface area contributed by atoms with Crippen molar-refractivity contribution in [2.45, 2.75) is 102 Å². The van der Waals surface area contributed by atoms with Crippen molar-refractivity contribution in [3.63, 3.8) is 0 Å². The minimum absolute atomic E-state index is 0.522. The Balaban J connectivity index is 1.35. The van der Waals surface area contributed by atoms with Crippen molar-refractivity contribution in [1.29, 1.82) is 0 Å². The van der Waals surface area contributed by atoms with Crippen LogP contribution in [0.3, 0.4) is 0 Å². The van der Waals surface area contributed by atoms with E-state index in [9.17, 15) is 0 Å². The van der Waals surface area contributed by atoms with Crippen LogP contribution in [0, 0.1) is 40.4 Å². The molecular formula is C29H40. The first-order chi connectivity index (χ1) is 14.0. The van der Waals surface area contributed by atoms with Crippen molar-refractivity contribution < 1.29 is 0 Å². The lowest BCUT2D eigenvalue weighted by Crippen LogP contribution is -2.63. The number of rotatable bonds is 3. The quantitative estimate of drug-likeness (QED) is 0.494. The third-order valence-electron chi connectivity index (χ3n) is 11.4. The second-order valence-electron chi connectivity index (χ2n) is 13.5. The van der Waals surface area contributed by atoms with Gasteiger partial charge in [-0.15, -0.1) is 0 Å². The summed E-state index contributed by atoms with van der Waals surface area (Å²) in [6, 6.07) is 9.69. The van der Waals surface area contributed by atoms with Gasteiger partial charge >= 0.3 is 0 Å². The molecule has 0 spiro atoms. The normalized spacial score (nSPS) is 51.9. The predicted octanol–water partition coefficient (Wildman–Crippen LogP) is 7.86. The van der Waals surface area contributed by atoms with Crippen LogP contribution in [0.25, 0.3) is 0 Å². The lowest BCUT2D eigenvalue weighted by molar-refractivity contribution is -0.206. The summed E-state index contributed by atoms with van der Waals surface area (Å²) in [6.07, 6.45) is 19.1. The van der Waals surface area contributed by atoms with Gasteiger partial charge in [-0.1, -0.05) is 38.1 Å². The fraction of sp³-hybridized carbons (Fsp3) is 0.793. The molecule has 0 heterocycles. The van der Waals surface area contributed by atoms with Gasteiger partial charge in [-0.25, -0.2) is 0 Å². The summed E-state index contributed by atoms with van der Waals surface area (Å²) >= 11 is 0. The van der Waals surface area contributed by atoms with Crippen LogP contribution >= 0.6 is 0 Å². The first-order valence-corrected chi connectivity index (χ1v) is 13.1. The topological polar surface area (TPSA) is 0 Å². The Labute approximate surface area is 178 Å². The molecule has 0 nitrogen and oxygen atoms in total. The summed E-state index contributed by atoms with van der Waals surface area (Å²) in [5, 5.41) is 0. The van der Waals surface area contributed by atoms with Gasteiger partial charge in [0.15, 0.2) is 0 Å². The smallest absolute Gasteiger partial charge is 0.00334 e. The van der Waals surface area contributed by atoms with Crippen LogP contribution in [-0.2, 0) is 5.41 Å². The van der Waals surface area contributed by atoms with E-state index in [2.05, 4.69) is 38.1 Å². The molecule has 0 radical (unpaired) electrons. The van der Waals surface area contributed by atoms with Crippen molar-refractivity contribution in [3.8, 4) is 0 Å². The standard InChI is InChI=1S/C29H40/c1-19(2)25-5-3-4-6-26(25)27-11-23-10-24(12-27)17-29(16-23,18-27)28-13-20-7-21(14-28)9-22(8-20)15-28/h3-6,19-24H,7-18H2,1-2H3. The molecule has 0 aromatic heterocycles. The van der Waals surface area contributed by atoms with Gasteiger partial charge in [0.25, 0.3) is 0 Å². The van der Waals surface area contributed by atoms with Crippen LogP contribution < -0.4 is 0 Å². The Kier molecular flexibility index (Phi) is 3.52. The first-order valence-electron chi connectivity index (χ1n) is 13.1. The molecule has 9 rings (SSSR count). The summed E-state index contributed by atoms with van der Waals surface area (Å²) in [5.74, 6) is 6.04. The van der Waals surface area contributed by atoms with Crippen molar-refractivity contribution in [2.75, 3.05) is 0 Å². The van der Waals surface area contributed by atoms with Gasteiger partial charge in [-0.3, -0.25) is 0 Å². The second-order valence-corrected chi connectivity index (χ2v) is 13.5. The van der Waals surface area contributed by atoms with Crippen LogP contribution in [0.2, 0.25) is 0 Å². The first kappa shape index (κ1) is 17.9. The fourth-order valence-corrected chi connectivity index (χ4v) is 11.4. The van der Waals surface area contributed by atoms with Gasteiger partial charge in [0.2, 0.25) is 0 Å². The van der Waals surface area contributed by atoms with E-state index in [1.807, 2.05) is 0 Å².